The Morgan fingerprint density at radius 1 is 1.50 bits per heavy atom. The zero-order valence-electron chi connectivity index (χ0n) is 10.0. The second-order valence-corrected chi connectivity index (χ2v) is 5.17. The van der Waals surface area contributed by atoms with Crippen molar-refractivity contribution in [2.45, 2.75) is 18.9 Å². The van der Waals surface area contributed by atoms with Crippen molar-refractivity contribution >= 4 is 21.9 Å². The van der Waals surface area contributed by atoms with Crippen molar-refractivity contribution in [2.75, 3.05) is 19.7 Å². The summed E-state index contributed by atoms with van der Waals surface area (Å²) in [7, 11) is 0. The Bertz CT molecular complexity index is 424. The number of carbonyl (C=O) groups is 1. The van der Waals surface area contributed by atoms with Crippen molar-refractivity contribution in [1.82, 2.24) is 4.90 Å². The third-order valence-electron chi connectivity index (χ3n) is 3.12. The molecule has 1 heterocycles. The third kappa shape index (κ3) is 3.23. The molecule has 0 amide bonds. The summed E-state index contributed by atoms with van der Waals surface area (Å²) in [6.45, 7) is 2.00. The van der Waals surface area contributed by atoms with Crippen LogP contribution in [0.4, 0.5) is 0 Å². The van der Waals surface area contributed by atoms with E-state index in [2.05, 4.69) is 15.9 Å². The Labute approximate surface area is 115 Å². The highest BCUT2D eigenvalue weighted by molar-refractivity contribution is 9.10. The van der Waals surface area contributed by atoms with E-state index < -0.39 is 5.97 Å². The first kappa shape index (κ1) is 13.4. The predicted molar refractivity (Wildman–Crippen MR) is 71.9 cm³/mol. The van der Waals surface area contributed by atoms with Crippen molar-refractivity contribution in [2.24, 2.45) is 0 Å². The number of halogens is 1. The van der Waals surface area contributed by atoms with Crippen LogP contribution in [-0.2, 0) is 4.79 Å². The number of rotatable bonds is 5. The monoisotopic (exact) mass is 313 g/mol. The lowest BCUT2D eigenvalue weighted by atomic mass is 10.2. The molecule has 5 heteroatoms. The molecule has 0 bridgehead atoms. The van der Waals surface area contributed by atoms with Gasteiger partial charge in [-0.3, -0.25) is 9.69 Å². The summed E-state index contributed by atoms with van der Waals surface area (Å²) in [5, 5.41) is 9.05. The maximum absolute atomic E-state index is 11.0. The largest absolute Gasteiger partial charge is 0.491 e. The molecule has 0 unspecified atom stereocenters. The molecule has 1 fully saturated rings. The van der Waals surface area contributed by atoms with Gasteiger partial charge in [0, 0.05) is 6.54 Å². The molecule has 2 rings (SSSR count). The molecule has 0 aliphatic carbocycles. The molecular weight excluding hydrogens is 298 g/mol. The average Bonchev–Trinajstić information content (AvgIpc) is 2.80. The van der Waals surface area contributed by atoms with Crippen molar-refractivity contribution in [3.63, 3.8) is 0 Å². The number of hydrogen-bond acceptors (Lipinski definition) is 3. The topological polar surface area (TPSA) is 49.8 Å². The number of aliphatic carboxylic acids is 1. The molecular formula is C13H16BrNO3. The molecule has 1 aromatic carbocycles. The first-order chi connectivity index (χ1) is 8.68. The van der Waals surface area contributed by atoms with Crippen LogP contribution < -0.4 is 4.74 Å². The Hall–Kier alpha value is -1.07. The first-order valence-corrected chi connectivity index (χ1v) is 6.82. The molecule has 1 saturated heterocycles. The Morgan fingerprint density at radius 3 is 3.00 bits per heavy atom. The number of carboxylic acids is 1. The van der Waals surface area contributed by atoms with E-state index in [1.807, 2.05) is 29.2 Å². The van der Waals surface area contributed by atoms with E-state index in [4.69, 9.17) is 9.84 Å². The fraction of sp³-hybridized carbons (Fsp3) is 0.462. The van der Waals surface area contributed by atoms with Crippen LogP contribution in [0.5, 0.6) is 5.75 Å². The molecule has 4 nitrogen and oxygen atoms in total. The van der Waals surface area contributed by atoms with Gasteiger partial charge < -0.3 is 9.84 Å². The summed E-state index contributed by atoms with van der Waals surface area (Å²) in [4.78, 5) is 13.0. The molecule has 1 aromatic rings. The Morgan fingerprint density at radius 2 is 2.28 bits per heavy atom. The maximum atomic E-state index is 11.0. The van der Waals surface area contributed by atoms with Gasteiger partial charge in [0.1, 0.15) is 18.4 Å². The van der Waals surface area contributed by atoms with Gasteiger partial charge in [-0.25, -0.2) is 0 Å². The summed E-state index contributed by atoms with van der Waals surface area (Å²) in [5.74, 6) is 0.0666. The second-order valence-electron chi connectivity index (χ2n) is 4.31. The van der Waals surface area contributed by atoms with Gasteiger partial charge in [0.2, 0.25) is 0 Å². The van der Waals surface area contributed by atoms with Crippen LogP contribution in [0.1, 0.15) is 12.8 Å². The maximum Gasteiger partial charge on any atom is 0.320 e. The molecule has 0 aromatic heterocycles. The van der Waals surface area contributed by atoms with E-state index in [1.54, 1.807) is 0 Å². The summed E-state index contributed by atoms with van der Waals surface area (Å²) in [6.07, 6.45) is 1.69. The molecule has 1 atom stereocenters. The second kappa shape index (κ2) is 6.20. The van der Waals surface area contributed by atoms with Gasteiger partial charge in [-0.15, -0.1) is 0 Å². The van der Waals surface area contributed by atoms with Crippen molar-refractivity contribution in [3.05, 3.63) is 28.7 Å². The van der Waals surface area contributed by atoms with Gasteiger partial charge in [-0.2, -0.15) is 0 Å². The molecule has 0 spiro atoms. The van der Waals surface area contributed by atoms with Gasteiger partial charge in [-0.05, 0) is 47.4 Å². The summed E-state index contributed by atoms with van der Waals surface area (Å²) in [6, 6.07) is 7.31. The molecule has 1 N–H and O–H groups in total. The lowest BCUT2D eigenvalue weighted by Gasteiger charge is -2.21. The van der Waals surface area contributed by atoms with Gasteiger partial charge in [0.15, 0.2) is 0 Å². The minimum atomic E-state index is -0.728. The van der Waals surface area contributed by atoms with Gasteiger partial charge >= 0.3 is 5.97 Å². The fourth-order valence-corrected chi connectivity index (χ4v) is 2.61. The lowest BCUT2D eigenvalue weighted by molar-refractivity contribution is -0.142. The summed E-state index contributed by atoms with van der Waals surface area (Å²) in [5.41, 5.74) is 0. The molecule has 18 heavy (non-hydrogen) atoms. The van der Waals surface area contributed by atoms with Crippen LogP contribution in [-0.4, -0.2) is 41.7 Å². The van der Waals surface area contributed by atoms with Crippen LogP contribution >= 0.6 is 15.9 Å². The van der Waals surface area contributed by atoms with Gasteiger partial charge in [0.05, 0.1) is 4.47 Å². The minimum Gasteiger partial charge on any atom is -0.491 e. The third-order valence-corrected chi connectivity index (χ3v) is 3.78. The lowest BCUT2D eigenvalue weighted by Crippen LogP contribution is -2.38. The average molecular weight is 314 g/mol. The van der Waals surface area contributed by atoms with E-state index in [0.29, 0.717) is 13.2 Å². The zero-order valence-corrected chi connectivity index (χ0v) is 11.6. The first-order valence-electron chi connectivity index (χ1n) is 6.02. The van der Waals surface area contributed by atoms with Crippen LogP contribution in [0, 0.1) is 0 Å². The highest BCUT2D eigenvalue weighted by atomic mass is 79.9. The number of carboxylic acid groups (broad SMARTS) is 1. The minimum absolute atomic E-state index is 0.340. The van der Waals surface area contributed by atoms with E-state index in [1.165, 1.54) is 0 Å². The van der Waals surface area contributed by atoms with Crippen molar-refractivity contribution in [3.8, 4) is 5.75 Å². The number of benzene rings is 1. The van der Waals surface area contributed by atoms with Crippen LogP contribution in [0.25, 0.3) is 0 Å². The molecule has 1 aliphatic rings. The Balaban J connectivity index is 1.82. The standard InChI is InChI=1S/C13H16BrNO3/c14-10-4-1-2-6-12(10)18-9-8-15-7-3-5-11(15)13(16)17/h1-2,4,6,11H,3,5,7-9H2,(H,16,17)/t11-/m0/s1. The smallest absolute Gasteiger partial charge is 0.320 e. The van der Waals surface area contributed by atoms with Crippen LogP contribution in [0.2, 0.25) is 0 Å². The van der Waals surface area contributed by atoms with Crippen LogP contribution in [0.3, 0.4) is 0 Å². The molecule has 0 saturated carbocycles. The Kier molecular flexibility index (Phi) is 4.60. The number of nitrogens with zero attached hydrogens (tertiary/aromatic N) is 1. The van der Waals surface area contributed by atoms with E-state index in [0.717, 1.165) is 29.6 Å². The van der Waals surface area contributed by atoms with Crippen LogP contribution in [0.15, 0.2) is 28.7 Å². The molecule has 1 aliphatic heterocycles. The SMILES string of the molecule is O=C(O)[C@@H]1CCCN1CCOc1ccccc1Br. The molecule has 0 radical (unpaired) electrons. The quantitative estimate of drug-likeness (QED) is 0.906. The van der Waals surface area contributed by atoms with E-state index in [9.17, 15) is 4.79 Å². The number of hydrogen-bond donors (Lipinski definition) is 1. The highest BCUT2D eigenvalue weighted by Crippen LogP contribution is 2.24. The van der Waals surface area contributed by atoms with Crippen molar-refractivity contribution < 1.29 is 14.6 Å². The summed E-state index contributed by atoms with van der Waals surface area (Å²) < 4.78 is 6.56. The van der Waals surface area contributed by atoms with E-state index in [-0.39, 0.29) is 6.04 Å². The van der Waals surface area contributed by atoms with Gasteiger partial charge in [0.25, 0.3) is 0 Å². The fourth-order valence-electron chi connectivity index (χ4n) is 2.21. The summed E-state index contributed by atoms with van der Waals surface area (Å²) >= 11 is 3.41. The highest BCUT2D eigenvalue weighted by Gasteiger charge is 2.29. The zero-order chi connectivity index (χ0) is 13.0. The predicted octanol–water partition coefficient (Wildman–Crippen LogP) is 2.38. The van der Waals surface area contributed by atoms with E-state index >= 15 is 0 Å². The number of ether oxygens (including phenoxy) is 1. The van der Waals surface area contributed by atoms with Crippen molar-refractivity contribution in [1.29, 1.82) is 0 Å². The number of likely N-dealkylation sites (tertiary alicyclic amines) is 1. The normalized spacial score (nSPS) is 19.9. The number of para-hydroxylation sites is 1. The van der Waals surface area contributed by atoms with Gasteiger partial charge in [-0.1, -0.05) is 12.1 Å². The molecule has 98 valence electrons.